The molecule has 2 heterocycles. The summed E-state index contributed by atoms with van der Waals surface area (Å²) in [6.07, 6.45) is 2.03. The number of phenols is 1. The van der Waals surface area contributed by atoms with Crippen LogP contribution in [0.25, 0.3) is 5.69 Å². The van der Waals surface area contributed by atoms with Crippen molar-refractivity contribution in [1.29, 1.82) is 0 Å². The third kappa shape index (κ3) is 2.71. The average molecular weight is 335 g/mol. The molecule has 25 heavy (non-hydrogen) atoms. The van der Waals surface area contributed by atoms with Crippen LogP contribution in [0.3, 0.4) is 0 Å². The summed E-state index contributed by atoms with van der Waals surface area (Å²) >= 11 is 0. The Kier molecular flexibility index (Phi) is 3.65. The number of nitrogens with zero attached hydrogens (tertiary/aromatic N) is 2. The van der Waals surface area contributed by atoms with Gasteiger partial charge in [0.2, 0.25) is 5.91 Å². The molecule has 126 valence electrons. The number of phenolic OH excluding ortho intramolecular Hbond substituents is 1. The summed E-state index contributed by atoms with van der Waals surface area (Å²) in [5.41, 5.74) is 2.62. The predicted octanol–water partition coefficient (Wildman–Crippen LogP) is 3.06. The van der Waals surface area contributed by atoms with E-state index >= 15 is 0 Å². The van der Waals surface area contributed by atoms with Gasteiger partial charge in [0.1, 0.15) is 23.6 Å². The van der Waals surface area contributed by atoms with Gasteiger partial charge in [0, 0.05) is 18.4 Å². The lowest BCUT2D eigenvalue weighted by Crippen LogP contribution is -2.24. The normalized spacial score (nSPS) is 16.2. The van der Waals surface area contributed by atoms with Crippen LogP contribution < -0.4 is 10.1 Å². The van der Waals surface area contributed by atoms with Crippen LogP contribution in [0.1, 0.15) is 23.6 Å². The quantitative estimate of drug-likeness (QED) is 0.771. The van der Waals surface area contributed by atoms with Crippen molar-refractivity contribution < 1.29 is 14.6 Å². The first-order valence-corrected chi connectivity index (χ1v) is 7.96. The molecule has 2 N–H and O–H groups in total. The first-order chi connectivity index (χ1) is 12.2. The Hall–Kier alpha value is -3.28. The summed E-state index contributed by atoms with van der Waals surface area (Å²) in [7, 11) is 1.62. The number of anilines is 1. The second-order valence-corrected chi connectivity index (χ2v) is 5.95. The number of benzene rings is 2. The van der Waals surface area contributed by atoms with Gasteiger partial charge >= 0.3 is 0 Å². The lowest BCUT2D eigenvalue weighted by atomic mass is 9.90. The molecule has 0 unspecified atom stereocenters. The fraction of sp³-hybridized carbons (Fsp3) is 0.158. The van der Waals surface area contributed by atoms with E-state index in [1.54, 1.807) is 25.6 Å². The summed E-state index contributed by atoms with van der Waals surface area (Å²) < 4.78 is 7.12. The van der Waals surface area contributed by atoms with Gasteiger partial charge < -0.3 is 15.2 Å². The first-order valence-electron chi connectivity index (χ1n) is 7.96. The Balaban J connectivity index is 1.79. The number of imidazole rings is 1. The van der Waals surface area contributed by atoms with Crippen LogP contribution >= 0.6 is 0 Å². The van der Waals surface area contributed by atoms with E-state index in [0.29, 0.717) is 12.2 Å². The minimum atomic E-state index is -0.142. The zero-order valence-corrected chi connectivity index (χ0v) is 13.6. The molecule has 6 nitrogen and oxygen atoms in total. The van der Waals surface area contributed by atoms with E-state index in [1.165, 1.54) is 0 Å². The van der Waals surface area contributed by atoms with E-state index < -0.39 is 0 Å². The number of methoxy groups -OCH3 is 1. The topological polar surface area (TPSA) is 76.4 Å². The van der Waals surface area contributed by atoms with Crippen molar-refractivity contribution in [3.05, 3.63) is 66.1 Å². The molecule has 1 atom stereocenters. The van der Waals surface area contributed by atoms with Crippen LogP contribution in [-0.4, -0.2) is 27.7 Å². The van der Waals surface area contributed by atoms with Crippen molar-refractivity contribution in [1.82, 2.24) is 9.55 Å². The number of fused-ring (bicyclic) bond motifs is 1. The van der Waals surface area contributed by atoms with Gasteiger partial charge in [0.05, 0.1) is 18.5 Å². The standard InChI is InChI=1S/C19H17N3O3/c1-25-15-4-2-3-13(9-15)22-11-20-18-16(10-17(24)21-19(18)22)12-5-7-14(23)8-6-12/h2-9,11,16,23H,10H2,1H3,(H,21,24)/t16-/m0/s1. The van der Waals surface area contributed by atoms with E-state index in [-0.39, 0.29) is 17.6 Å². The third-order valence-electron chi connectivity index (χ3n) is 4.40. The average Bonchev–Trinajstić information content (AvgIpc) is 3.05. The molecular weight excluding hydrogens is 318 g/mol. The number of nitrogens with one attached hydrogen (secondary N) is 1. The van der Waals surface area contributed by atoms with Gasteiger partial charge in [0.15, 0.2) is 0 Å². The number of hydrogen-bond donors (Lipinski definition) is 2. The summed E-state index contributed by atoms with van der Waals surface area (Å²) in [6.45, 7) is 0. The summed E-state index contributed by atoms with van der Waals surface area (Å²) in [5, 5.41) is 12.4. The highest BCUT2D eigenvalue weighted by molar-refractivity contribution is 5.94. The molecule has 1 amide bonds. The molecule has 4 rings (SSSR count). The van der Waals surface area contributed by atoms with Gasteiger partial charge in [0.25, 0.3) is 0 Å². The number of carbonyl (C=O) groups is 1. The number of carbonyl (C=O) groups excluding carboxylic acids is 1. The van der Waals surface area contributed by atoms with Crippen LogP contribution in [-0.2, 0) is 4.79 Å². The smallest absolute Gasteiger partial charge is 0.226 e. The number of amides is 1. The van der Waals surface area contributed by atoms with Crippen LogP contribution in [0.4, 0.5) is 5.82 Å². The molecule has 0 spiro atoms. The molecule has 0 saturated heterocycles. The molecule has 0 fully saturated rings. The van der Waals surface area contributed by atoms with Crippen LogP contribution in [0.5, 0.6) is 11.5 Å². The van der Waals surface area contributed by atoms with Gasteiger partial charge in [-0.1, -0.05) is 18.2 Å². The van der Waals surface area contributed by atoms with Gasteiger partial charge in [-0.2, -0.15) is 0 Å². The Labute approximate surface area is 144 Å². The van der Waals surface area contributed by atoms with E-state index in [2.05, 4.69) is 10.3 Å². The molecule has 0 bridgehead atoms. The second-order valence-electron chi connectivity index (χ2n) is 5.95. The third-order valence-corrected chi connectivity index (χ3v) is 4.40. The van der Waals surface area contributed by atoms with Crippen molar-refractivity contribution in [2.75, 3.05) is 12.4 Å². The molecular formula is C19H17N3O3. The van der Waals surface area contributed by atoms with Crippen molar-refractivity contribution in [3.8, 4) is 17.2 Å². The van der Waals surface area contributed by atoms with Gasteiger partial charge in [-0.05, 0) is 29.8 Å². The van der Waals surface area contributed by atoms with Gasteiger partial charge in [-0.15, -0.1) is 0 Å². The molecule has 3 aromatic rings. The molecule has 0 aliphatic carbocycles. The second kappa shape index (κ2) is 5.98. The highest BCUT2D eigenvalue weighted by atomic mass is 16.5. The number of rotatable bonds is 3. The summed E-state index contributed by atoms with van der Waals surface area (Å²) in [4.78, 5) is 16.8. The zero-order chi connectivity index (χ0) is 17.4. The molecule has 6 heteroatoms. The fourth-order valence-corrected chi connectivity index (χ4v) is 3.15. The molecule has 2 aromatic carbocycles. The SMILES string of the molecule is COc1cccc(-n2cnc3c2NC(=O)C[C@H]3c2ccc(O)cc2)c1. The number of hydrogen-bond acceptors (Lipinski definition) is 4. The van der Waals surface area contributed by atoms with E-state index in [4.69, 9.17) is 4.74 Å². The predicted molar refractivity (Wildman–Crippen MR) is 93.3 cm³/mol. The van der Waals surface area contributed by atoms with E-state index in [9.17, 15) is 9.90 Å². The van der Waals surface area contributed by atoms with Crippen LogP contribution in [0.15, 0.2) is 54.9 Å². The van der Waals surface area contributed by atoms with Crippen LogP contribution in [0, 0.1) is 0 Å². The van der Waals surface area contributed by atoms with E-state index in [1.807, 2.05) is 41.0 Å². The summed E-state index contributed by atoms with van der Waals surface area (Å²) in [5.74, 6) is 1.40. The molecule has 0 saturated carbocycles. The van der Waals surface area contributed by atoms with Crippen molar-refractivity contribution in [2.45, 2.75) is 12.3 Å². The largest absolute Gasteiger partial charge is 0.508 e. The molecule has 1 aliphatic heterocycles. The highest BCUT2D eigenvalue weighted by Gasteiger charge is 2.31. The lowest BCUT2D eigenvalue weighted by Gasteiger charge is -2.23. The van der Waals surface area contributed by atoms with Crippen molar-refractivity contribution in [2.24, 2.45) is 0 Å². The fourth-order valence-electron chi connectivity index (χ4n) is 3.15. The Morgan fingerprint density at radius 3 is 2.80 bits per heavy atom. The zero-order valence-electron chi connectivity index (χ0n) is 13.6. The van der Waals surface area contributed by atoms with Gasteiger partial charge in [-0.3, -0.25) is 9.36 Å². The maximum atomic E-state index is 12.3. The Morgan fingerprint density at radius 2 is 2.04 bits per heavy atom. The van der Waals surface area contributed by atoms with Crippen LogP contribution in [0.2, 0.25) is 0 Å². The molecule has 1 aliphatic rings. The number of ether oxygens (including phenoxy) is 1. The number of aromatic hydroxyl groups is 1. The monoisotopic (exact) mass is 335 g/mol. The maximum absolute atomic E-state index is 12.3. The molecule has 0 radical (unpaired) electrons. The lowest BCUT2D eigenvalue weighted by molar-refractivity contribution is -0.116. The number of aromatic nitrogens is 2. The Bertz CT molecular complexity index is 931. The minimum Gasteiger partial charge on any atom is -0.508 e. The van der Waals surface area contributed by atoms with E-state index in [0.717, 1.165) is 22.7 Å². The molecule has 1 aromatic heterocycles. The van der Waals surface area contributed by atoms with Gasteiger partial charge in [-0.25, -0.2) is 4.98 Å². The van der Waals surface area contributed by atoms with Crippen molar-refractivity contribution >= 4 is 11.7 Å². The maximum Gasteiger partial charge on any atom is 0.226 e. The highest BCUT2D eigenvalue weighted by Crippen LogP contribution is 2.37. The summed E-state index contributed by atoms with van der Waals surface area (Å²) in [6, 6.07) is 14.5. The minimum absolute atomic E-state index is 0.0600. The Morgan fingerprint density at radius 1 is 1.24 bits per heavy atom. The first kappa shape index (κ1) is 15.3. The van der Waals surface area contributed by atoms with Crippen molar-refractivity contribution in [3.63, 3.8) is 0 Å².